The first kappa shape index (κ1) is 17.5. The standard InChI is InChI=1S/C17H17N3O3S/c1-5-11-8-7-9-12(10-11)14-18-13(16(21)23-6-2)15(24-14)19-17(22)20(3)4/h1,7-10H,6H2,2-4H3,(H,19,22). The van der Waals surface area contributed by atoms with Gasteiger partial charge in [-0.15, -0.1) is 6.42 Å². The van der Waals surface area contributed by atoms with E-state index in [9.17, 15) is 9.59 Å². The predicted molar refractivity (Wildman–Crippen MR) is 94.1 cm³/mol. The topological polar surface area (TPSA) is 71.5 Å². The number of nitrogens with one attached hydrogen (secondary N) is 1. The number of urea groups is 1. The summed E-state index contributed by atoms with van der Waals surface area (Å²) >= 11 is 1.19. The summed E-state index contributed by atoms with van der Waals surface area (Å²) < 4.78 is 5.01. The van der Waals surface area contributed by atoms with Gasteiger partial charge in [-0.1, -0.05) is 29.4 Å². The molecule has 1 heterocycles. The van der Waals surface area contributed by atoms with Gasteiger partial charge < -0.3 is 9.64 Å². The van der Waals surface area contributed by atoms with Crippen LogP contribution in [0.2, 0.25) is 0 Å². The molecule has 0 aliphatic carbocycles. The first-order valence-electron chi connectivity index (χ1n) is 7.19. The summed E-state index contributed by atoms with van der Waals surface area (Å²) in [4.78, 5) is 29.7. The van der Waals surface area contributed by atoms with Crippen LogP contribution in [0.4, 0.5) is 9.80 Å². The molecule has 1 aromatic heterocycles. The Balaban J connectivity index is 2.45. The van der Waals surface area contributed by atoms with Gasteiger partial charge in [-0.2, -0.15) is 0 Å². The summed E-state index contributed by atoms with van der Waals surface area (Å²) in [6.45, 7) is 1.93. The van der Waals surface area contributed by atoms with Crippen LogP contribution >= 0.6 is 11.3 Å². The van der Waals surface area contributed by atoms with Crippen LogP contribution in [0, 0.1) is 12.3 Å². The van der Waals surface area contributed by atoms with Gasteiger partial charge in [-0.05, 0) is 19.1 Å². The van der Waals surface area contributed by atoms with Crippen molar-refractivity contribution < 1.29 is 14.3 Å². The maximum absolute atomic E-state index is 12.1. The van der Waals surface area contributed by atoms with Crippen LogP contribution < -0.4 is 5.32 Å². The third-order valence-electron chi connectivity index (χ3n) is 3.00. The zero-order valence-corrected chi connectivity index (χ0v) is 14.4. The van der Waals surface area contributed by atoms with Gasteiger partial charge in [0.05, 0.1) is 6.61 Å². The van der Waals surface area contributed by atoms with Crippen molar-refractivity contribution >= 4 is 28.3 Å². The van der Waals surface area contributed by atoms with Gasteiger partial charge >= 0.3 is 12.0 Å². The number of carbonyl (C=O) groups excluding carboxylic acids is 2. The quantitative estimate of drug-likeness (QED) is 0.684. The molecule has 1 N–H and O–H groups in total. The third-order valence-corrected chi connectivity index (χ3v) is 4.02. The van der Waals surface area contributed by atoms with Crippen molar-refractivity contribution in [2.75, 3.05) is 26.0 Å². The second-order valence-electron chi connectivity index (χ2n) is 4.97. The highest BCUT2D eigenvalue weighted by atomic mass is 32.1. The lowest BCUT2D eigenvalue weighted by atomic mass is 10.1. The van der Waals surface area contributed by atoms with Crippen molar-refractivity contribution in [3.8, 4) is 22.9 Å². The molecule has 0 spiro atoms. The Hall–Kier alpha value is -2.85. The predicted octanol–water partition coefficient (Wildman–Crippen LogP) is 3.06. The van der Waals surface area contributed by atoms with E-state index in [1.807, 2.05) is 12.1 Å². The number of esters is 1. The van der Waals surface area contributed by atoms with Crippen molar-refractivity contribution in [2.45, 2.75) is 6.92 Å². The Morgan fingerprint density at radius 1 is 1.42 bits per heavy atom. The Labute approximate surface area is 144 Å². The highest BCUT2D eigenvalue weighted by molar-refractivity contribution is 7.19. The van der Waals surface area contributed by atoms with E-state index >= 15 is 0 Å². The Bertz CT molecular complexity index is 806. The van der Waals surface area contributed by atoms with E-state index in [0.29, 0.717) is 15.6 Å². The number of hydrogen-bond donors (Lipinski definition) is 1. The molecule has 124 valence electrons. The van der Waals surface area contributed by atoms with Crippen LogP contribution in [-0.4, -0.2) is 42.6 Å². The first-order chi connectivity index (χ1) is 11.5. The number of ether oxygens (including phenoxy) is 1. The van der Waals surface area contributed by atoms with Crippen molar-refractivity contribution in [1.29, 1.82) is 0 Å². The smallest absolute Gasteiger partial charge is 0.360 e. The molecule has 7 heteroatoms. The molecule has 1 aromatic carbocycles. The molecule has 0 bridgehead atoms. The number of benzene rings is 1. The molecule has 0 saturated heterocycles. The maximum atomic E-state index is 12.1. The second-order valence-corrected chi connectivity index (χ2v) is 5.97. The molecule has 0 fully saturated rings. The fraction of sp³-hybridized carbons (Fsp3) is 0.235. The number of carbonyl (C=O) groups is 2. The molecular weight excluding hydrogens is 326 g/mol. The van der Waals surface area contributed by atoms with E-state index in [2.05, 4.69) is 16.2 Å². The SMILES string of the molecule is C#Cc1cccc(-c2nc(C(=O)OCC)c(NC(=O)N(C)C)s2)c1. The lowest BCUT2D eigenvalue weighted by Crippen LogP contribution is -2.27. The zero-order valence-electron chi connectivity index (χ0n) is 13.6. The van der Waals surface area contributed by atoms with Gasteiger partial charge in [0.1, 0.15) is 10.0 Å². The minimum absolute atomic E-state index is 0.0816. The van der Waals surface area contributed by atoms with Crippen molar-refractivity contribution in [2.24, 2.45) is 0 Å². The molecule has 0 radical (unpaired) electrons. The van der Waals surface area contributed by atoms with E-state index in [0.717, 1.165) is 5.56 Å². The largest absolute Gasteiger partial charge is 0.461 e. The Kier molecular flexibility index (Phi) is 5.55. The number of rotatable bonds is 4. The van der Waals surface area contributed by atoms with E-state index in [-0.39, 0.29) is 18.3 Å². The molecule has 2 aromatic rings. The van der Waals surface area contributed by atoms with Crippen LogP contribution in [-0.2, 0) is 4.74 Å². The number of hydrogen-bond acceptors (Lipinski definition) is 5. The maximum Gasteiger partial charge on any atom is 0.360 e. The fourth-order valence-corrected chi connectivity index (χ4v) is 2.76. The molecular formula is C17H17N3O3S. The number of aromatic nitrogens is 1. The summed E-state index contributed by atoms with van der Waals surface area (Å²) in [5, 5.41) is 3.58. The normalized spacial score (nSPS) is 9.92. The lowest BCUT2D eigenvalue weighted by molar-refractivity contribution is 0.0521. The Morgan fingerprint density at radius 3 is 2.79 bits per heavy atom. The van der Waals surface area contributed by atoms with Crippen LogP contribution in [0.5, 0.6) is 0 Å². The minimum atomic E-state index is -0.581. The van der Waals surface area contributed by atoms with Crippen molar-refractivity contribution in [1.82, 2.24) is 9.88 Å². The summed E-state index contributed by atoms with van der Waals surface area (Å²) in [7, 11) is 3.22. The summed E-state index contributed by atoms with van der Waals surface area (Å²) in [5.74, 6) is 1.98. The molecule has 24 heavy (non-hydrogen) atoms. The molecule has 0 aliphatic rings. The van der Waals surface area contributed by atoms with E-state index in [1.54, 1.807) is 33.2 Å². The van der Waals surface area contributed by atoms with Crippen LogP contribution in [0.3, 0.4) is 0 Å². The van der Waals surface area contributed by atoms with Crippen molar-refractivity contribution in [3.63, 3.8) is 0 Å². The molecule has 0 atom stereocenters. The van der Waals surface area contributed by atoms with Gasteiger partial charge in [-0.3, -0.25) is 5.32 Å². The van der Waals surface area contributed by atoms with Gasteiger partial charge in [-0.25, -0.2) is 14.6 Å². The number of terminal acetylenes is 1. The number of anilines is 1. The summed E-state index contributed by atoms with van der Waals surface area (Å²) in [5.41, 5.74) is 1.56. The van der Waals surface area contributed by atoms with Gasteiger partial charge in [0.25, 0.3) is 0 Å². The summed E-state index contributed by atoms with van der Waals surface area (Å²) in [6, 6.07) is 6.90. The van der Waals surface area contributed by atoms with E-state index in [1.165, 1.54) is 16.2 Å². The summed E-state index contributed by atoms with van der Waals surface area (Å²) in [6.07, 6.45) is 5.42. The molecule has 6 nitrogen and oxygen atoms in total. The van der Waals surface area contributed by atoms with E-state index in [4.69, 9.17) is 11.2 Å². The highest BCUT2D eigenvalue weighted by Gasteiger charge is 2.22. The molecule has 0 aliphatic heterocycles. The zero-order chi connectivity index (χ0) is 17.7. The van der Waals surface area contributed by atoms with Gasteiger partial charge in [0.2, 0.25) is 0 Å². The first-order valence-corrected chi connectivity index (χ1v) is 8.01. The van der Waals surface area contributed by atoms with E-state index < -0.39 is 5.97 Å². The number of nitrogens with zero attached hydrogens (tertiary/aromatic N) is 2. The Morgan fingerprint density at radius 2 is 2.17 bits per heavy atom. The second kappa shape index (κ2) is 7.62. The molecule has 0 unspecified atom stereocenters. The van der Waals surface area contributed by atoms with Crippen molar-refractivity contribution in [3.05, 3.63) is 35.5 Å². The van der Waals surface area contributed by atoms with Crippen LogP contribution in [0.25, 0.3) is 10.6 Å². The minimum Gasteiger partial charge on any atom is -0.461 e. The average molecular weight is 343 g/mol. The fourth-order valence-electron chi connectivity index (χ4n) is 1.82. The van der Waals surface area contributed by atoms with Crippen LogP contribution in [0.1, 0.15) is 23.0 Å². The number of thiazole rings is 1. The lowest BCUT2D eigenvalue weighted by Gasteiger charge is -2.11. The average Bonchev–Trinajstić information content (AvgIpc) is 2.99. The van der Waals surface area contributed by atoms with Gasteiger partial charge in [0, 0.05) is 25.2 Å². The molecule has 2 amide bonds. The number of amides is 2. The molecule has 2 rings (SSSR count). The monoisotopic (exact) mass is 343 g/mol. The third kappa shape index (κ3) is 3.91. The van der Waals surface area contributed by atoms with Crippen LogP contribution in [0.15, 0.2) is 24.3 Å². The van der Waals surface area contributed by atoms with Gasteiger partial charge in [0.15, 0.2) is 5.69 Å². The highest BCUT2D eigenvalue weighted by Crippen LogP contribution is 2.33. The molecule has 0 saturated carbocycles.